The summed E-state index contributed by atoms with van der Waals surface area (Å²) in [5.41, 5.74) is 0.303. The summed E-state index contributed by atoms with van der Waals surface area (Å²) in [6.07, 6.45) is 1.59. The SMILES string of the molecule is CCOc1cccc(NCCS(C)=O)c1[N+](=O)[O-]. The summed E-state index contributed by atoms with van der Waals surface area (Å²) >= 11 is 0. The van der Waals surface area contributed by atoms with Crippen LogP contribution in [0.1, 0.15) is 6.92 Å². The van der Waals surface area contributed by atoms with Gasteiger partial charge in [-0.25, -0.2) is 0 Å². The van der Waals surface area contributed by atoms with Gasteiger partial charge in [0.25, 0.3) is 0 Å². The number of nitro groups is 1. The van der Waals surface area contributed by atoms with E-state index in [1.165, 1.54) is 0 Å². The van der Waals surface area contributed by atoms with Gasteiger partial charge in [-0.2, -0.15) is 0 Å². The standard InChI is InChI=1S/C11H16N2O4S/c1-3-17-10-6-4-5-9(11(10)13(14)15)12-7-8-18(2)16/h4-6,12H,3,7-8H2,1-2H3. The molecule has 0 aliphatic carbocycles. The van der Waals surface area contributed by atoms with Crippen molar-refractivity contribution in [1.29, 1.82) is 0 Å². The van der Waals surface area contributed by atoms with E-state index in [4.69, 9.17) is 4.74 Å². The number of anilines is 1. The van der Waals surface area contributed by atoms with Crippen molar-refractivity contribution in [2.75, 3.05) is 30.5 Å². The number of hydrogen-bond donors (Lipinski definition) is 1. The lowest BCUT2D eigenvalue weighted by Gasteiger charge is -2.09. The molecular weight excluding hydrogens is 256 g/mol. The lowest BCUT2D eigenvalue weighted by atomic mass is 10.2. The van der Waals surface area contributed by atoms with Gasteiger partial charge in [0, 0.05) is 29.4 Å². The van der Waals surface area contributed by atoms with Gasteiger partial charge < -0.3 is 10.1 Å². The van der Waals surface area contributed by atoms with Crippen molar-refractivity contribution in [2.24, 2.45) is 0 Å². The van der Waals surface area contributed by atoms with Gasteiger partial charge in [0.05, 0.1) is 11.5 Å². The first-order valence-corrected chi connectivity index (χ1v) is 7.23. The second-order valence-electron chi connectivity index (χ2n) is 3.55. The molecule has 0 aromatic heterocycles. The average molecular weight is 272 g/mol. The minimum Gasteiger partial charge on any atom is -0.487 e. The quantitative estimate of drug-likeness (QED) is 0.604. The Hall–Kier alpha value is -1.63. The van der Waals surface area contributed by atoms with Crippen LogP contribution >= 0.6 is 0 Å². The van der Waals surface area contributed by atoms with Crippen molar-refractivity contribution < 1.29 is 13.9 Å². The molecule has 1 atom stereocenters. The van der Waals surface area contributed by atoms with Gasteiger partial charge in [-0.05, 0) is 19.1 Å². The lowest BCUT2D eigenvalue weighted by Crippen LogP contribution is -2.11. The number of nitro benzene ring substituents is 1. The molecule has 1 N–H and O–H groups in total. The first kappa shape index (κ1) is 14.4. The summed E-state index contributed by atoms with van der Waals surface area (Å²) in [6.45, 7) is 2.55. The van der Waals surface area contributed by atoms with Crippen molar-refractivity contribution in [3.63, 3.8) is 0 Å². The fourth-order valence-electron chi connectivity index (χ4n) is 1.45. The molecule has 0 bridgehead atoms. The Morgan fingerprint density at radius 2 is 2.22 bits per heavy atom. The molecule has 7 heteroatoms. The van der Waals surface area contributed by atoms with Crippen molar-refractivity contribution in [3.8, 4) is 5.75 Å². The topological polar surface area (TPSA) is 81.5 Å². The molecule has 6 nitrogen and oxygen atoms in total. The van der Waals surface area contributed by atoms with Crippen molar-refractivity contribution in [1.82, 2.24) is 0 Å². The van der Waals surface area contributed by atoms with E-state index < -0.39 is 15.7 Å². The van der Waals surface area contributed by atoms with Crippen LogP contribution in [-0.4, -0.2) is 34.3 Å². The summed E-state index contributed by atoms with van der Waals surface area (Å²) in [4.78, 5) is 10.6. The molecule has 0 aliphatic rings. The van der Waals surface area contributed by atoms with Crippen LogP contribution in [0.25, 0.3) is 0 Å². The van der Waals surface area contributed by atoms with Crippen LogP contribution in [0.4, 0.5) is 11.4 Å². The largest absolute Gasteiger partial charge is 0.487 e. The van der Waals surface area contributed by atoms with E-state index in [9.17, 15) is 14.3 Å². The second-order valence-corrected chi connectivity index (χ2v) is 5.10. The van der Waals surface area contributed by atoms with E-state index in [0.29, 0.717) is 24.6 Å². The first-order chi connectivity index (χ1) is 8.56. The van der Waals surface area contributed by atoms with Crippen LogP contribution in [-0.2, 0) is 10.8 Å². The van der Waals surface area contributed by atoms with Gasteiger partial charge in [-0.3, -0.25) is 14.3 Å². The Labute approximate surface area is 108 Å². The van der Waals surface area contributed by atoms with Gasteiger partial charge in [0.15, 0.2) is 5.75 Å². The highest BCUT2D eigenvalue weighted by molar-refractivity contribution is 7.84. The fraction of sp³-hybridized carbons (Fsp3) is 0.455. The second kappa shape index (κ2) is 6.95. The summed E-state index contributed by atoms with van der Waals surface area (Å²) in [6, 6.07) is 4.85. The highest BCUT2D eigenvalue weighted by Gasteiger charge is 2.20. The molecule has 0 saturated carbocycles. The average Bonchev–Trinajstić information content (AvgIpc) is 2.28. The molecular formula is C11H16N2O4S. The van der Waals surface area contributed by atoms with Crippen LogP contribution < -0.4 is 10.1 Å². The molecule has 1 rings (SSSR count). The van der Waals surface area contributed by atoms with E-state index in [1.54, 1.807) is 31.4 Å². The summed E-state index contributed by atoms with van der Waals surface area (Å²) < 4.78 is 16.2. The van der Waals surface area contributed by atoms with Gasteiger partial charge in [0.2, 0.25) is 0 Å². The maximum atomic E-state index is 11.0. The first-order valence-electron chi connectivity index (χ1n) is 5.50. The number of hydrogen-bond acceptors (Lipinski definition) is 5. The van der Waals surface area contributed by atoms with Crippen LogP contribution in [0.5, 0.6) is 5.75 Å². The van der Waals surface area contributed by atoms with Gasteiger partial charge in [-0.15, -0.1) is 0 Å². The van der Waals surface area contributed by atoms with Crippen molar-refractivity contribution in [3.05, 3.63) is 28.3 Å². The van der Waals surface area contributed by atoms with Crippen LogP contribution in [0.3, 0.4) is 0 Å². The molecule has 0 saturated heterocycles. The summed E-state index contributed by atoms with van der Waals surface area (Å²) in [7, 11) is -0.929. The third-order valence-electron chi connectivity index (χ3n) is 2.19. The van der Waals surface area contributed by atoms with Gasteiger partial charge in [0.1, 0.15) is 5.69 Å². The third kappa shape index (κ3) is 3.99. The monoisotopic (exact) mass is 272 g/mol. The molecule has 1 aromatic rings. The minimum atomic E-state index is -0.929. The van der Waals surface area contributed by atoms with E-state index in [1.807, 2.05) is 0 Å². The molecule has 100 valence electrons. The Kier molecular flexibility index (Phi) is 5.57. The van der Waals surface area contributed by atoms with Crippen molar-refractivity contribution in [2.45, 2.75) is 6.92 Å². The Morgan fingerprint density at radius 1 is 1.50 bits per heavy atom. The van der Waals surface area contributed by atoms with Gasteiger partial charge >= 0.3 is 5.69 Å². The zero-order valence-electron chi connectivity index (χ0n) is 10.3. The number of para-hydroxylation sites is 1. The zero-order valence-corrected chi connectivity index (χ0v) is 11.2. The molecule has 1 unspecified atom stereocenters. The zero-order chi connectivity index (χ0) is 13.5. The maximum Gasteiger partial charge on any atom is 0.333 e. The van der Waals surface area contributed by atoms with E-state index in [0.717, 1.165) is 0 Å². The highest BCUT2D eigenvalue weighted by atomic mass is 32.2. The van der Waals surface area contributed by atoms with Gasteiger partial charge in [-0.1, -0.05) is 6.07 Å². The van der Waals surface area contributed by atoms with Crippen LogP contribution in [0.2, 0.25) is 0 Å². The minimum absolute atomic E-state index is 0.0822. The number of benzene rings is 1. The number of nitrogens with one attached hydrogen (secondary N) is 1. The molecule has 0 spiro atoms. The molecule has 0 amide bonds. The van der Waals surface area contributed by atoms with E-state index in [2.05, 4.69) is 5.32 Å². The predicted molar refractivity (Wildman–Crippen MR) is 71.7 cm³/mol. The third-order valence-corrected chi connectivity index (χ3v) is 2.97. The Balaban J connectivity index is 2.92. The molecule has 0 fully saturated rings. The lowest BCUT2D eigenvalue weighted by molar-refractivity contribution is -0.384. The van der Waals surface area contributed by atoms with E-state index in [-0.39, 0.29) is 11.4 Å². The number of nitrogens with zero attached hydrogens (tertiary/aromatic N) is 1. The smallest absolute Gasteiger partial charge is 0.333 e. The predicted octanol–water partition coefficient (Wildman–Crippen LogP) is 1.78. The fourth-order valence-corrected chi connectivity index (χ4v) is 1.84. The number of ether oxygens (including phenoxy) is 1. The molecule has 1 aromatic carbocycles. The molecule has 0 heterocycles. The molecule has 18 heavy (non-hydrogen) atoms. The van der Waals surface area contributed by atoms with Crippen molar-refractivity contribution >= 4 is 22.2 Å². The Morgan fingerprint density at radius 3 is 2.78 bits per heavy atom. The normalized spacial score (nSPS) is 11.9. The highest BCUT2D eigenvalue weighted by Crippen LogP contribution is 2.34. The Bertz CT molecular complexity index is 451. The summed E-state index contributed by atoms with van der Waals surface area (Å²) in [5, 5.41) is 14.0. The van der Waals surface area contributed by atoms with Crippen LogP contribution in [0.15, 0.2) is 18.2 Å². The maximum absolute atomic E-state index is 11.0. The molecule has 0 radical (unpaired) electrons. The number of rotatable bonds is 7. The van der Waals surface area contributed by atoms with E-state index >= 15 is 0 Å². The summed E-state index contributed by atoms with van der Waals surface area (Å²) in [5.74, 6) is 0.681. The molecule has 0 aliphatic heterocycles. The van der Waals surface area contributed by atoms with Crippen LogP contribution in [0, 0.1) is 10.1 Å².